The average molecular weight is 449 g/mol. The first-order valence-corrected chi connectivity index (χ1v) is 11.0. The molecule has 2 aliphatic rings. The molecule has 2 unspecified atom stereocenters. The van der Waals surface area contributed by atoms with Gasteiger partial charge in [0.05, 0.1) is 25.2 Å². The van der Waals surface area contributed by atoms with Crippen molar-refractivity contribution in [2.24, 2.45) is 10.9 Å². The molecule has 0 spiro atoms. The van der Waals surface area contributed by atoms with Crippen molar-refractivity contribution in [2.45, 2.75) is 26.2 Å². The molecule has 1 aromatic heterocycles. The van der Waals surface area contributed by atoms with Crippen molar-refractivity contribution in [3.8, 4) is 11.8 Å². The number of rotatable bonds is 5. The van der Waals surface area contributed by atoms with Crippen molar-refractivity contribution in [2.75, 3.05) is 26.3 Å². The molecule has 8 heteroatoms. The van der Waals surface area contributed by atoms with E-state index in [2.05, 4.69) is 39.2 Å². The van der Waals surface area contributed by atoms with Crippen molar-refractivity contribution < 1.29 is 14.9 Å². The van der Waals surface area contributed by atoms with Crippen LogP contribution >= 0.6 is 0 Å². The SMILES string of the molecule is CC(Cn1ccc(C#Cc2ccc(CN3CCOCC3)cc2)cc1=O)C1=C(O)C(O)N=CN1. The van der Waals surface area contributed by atoms with Crippen LogP contribution < -0.4 is 10.9 Å². The fourth-order valence-corrected chi connectivity index (χ4v) is 3.83. The van der Waals surface area contributed by atoms with Crippen molar-refractivity contribution in [1.82, 2.24) is 14.8 Å². The Morgan fingerprint density at radius 2 is 1.91 bits per heavy atom. The van der Waals surface area contributed by atoms with Gasteiger partial charge in [0, 0.05) is 55.5 Å². The number of pyridine rings is 1. The number of hydrogen-bond acceptors (Lipinski definition) is 7. The van der Waals surface area contributed by atoms with Crippen LogP contribution in [0.2, 0.25) is 0 Å². The Labute approximate surface area is 192 Å². The molecule has 4 rings (SSSR count). The minimum absolute atomic E-state index is 0.181. The summed E-state index contributed by atoms with van der Waals surface area (Å²) < 4.78 is 6.94. The van der Waals surface area contributed by atoms with Crippen LogP contribution in [0.15, 0.2) is 63.8 Å². The van der Waals surface area contributed by atoms with Gasteiger partial charge in [-0.15, -0.1) is 0 Å². The fraction of sp³-hybridized carbons (Fsp3) is 0.360. The highest BCUT2D eigenvalue weighted by Gasteiger charge is 2.22. The summed E-state index contributed by atoms with van der Waals surface area (Å²) in [6.45, 7) is 6.59. The van der Waals surface area contributed by atoms with Gasteiger partial charge in [-0.25, -0.2) is 4.99 Å². The van der Waals surface area contributed by atoms with Crippen molar-refractivity contribution in [3.63, 3.8) is 0 Å². The molecule has 3 N–H and O–H groups in total. The monoisotopic (exact) mass is 448 g/mol. The van der Waals surface area contributed by atoms with Crippen molar-refractivity contribution in [1.29, 1.82) is 0 Å². The van der Waals surface area contributed by atoms with Crippen LogP contribution in [-0.4, -0.2) is 58.5 Å². The number of aliphatic imine (C=N–C) groups is 1. The third kappa shape index (κ3) is 5.90. The highest BCUT2D eigenvalue weighted by atomic mass is 16.5. The predicted molar refractivity (Wildman–Crippen MR) is 126 cm³/mol. The second-order valence-electron chi connectivity index (χ2n) is 8.24. The second-order valence-corrected chi connectivity index (χ2v) is 8.24. The van der Waals surface area contributed by atoms with E-state index in [1.807, 2.05) is 19.1 Å². The number of aliphatic hydroxyl groups is 2. The molecule has 1 aromatic carbocycles. The summed E-state index contributed by atoms with van der Waals surface area (Å²) in [5.74, 6) is 5.72. The third-order valence-electron chi connectivity index (χ3n) is 5.73. The van der Waals surface area contributed by atoms with Crippen LogP contribution in [-0.2, 0) is 17.8 Å². The van der Waals surface area contributed by atoms with E-state index in [0.717, 1.165) is 38.4 Å². The van der Waals surface area contributed by atoms with Crippen LogP contribution in [0.5, 0.6) is 0 Å². The quantitative estimate of drug-likeness (QED) is 0.599. The number of morpholine rings is 1. The Hall–Kier alpha value is -3.38. The molecule has 2 atom stereocenters. The number of nitrogens with one attached hydrogen (secondary N) is 1. The average Bonchev–Trinajstić information content (AvgIpc) is 2.82. The van der Waals surface area contributed by atoms with Crippen LogP contribution in [0.3, 0.4) is 0 Å². The van der Waals surface area contributed by atoms with Gasteiger partial charge in [-0.1, -0.05) is 30.9 Å². The molecular formula is C25H28N4O4. The topological polar surface area (TPSA) is 99.3 Å². The van der Waals surface area contributed by atoms with Gasteiger partial charge in [0.25, 0.3) is 5.56 Å². The normalized spacial score (nSPS) is 19.5. The van der Waals surface area contributed by atoms with E-state index in [-0.39, 0.29) is 17.2 Å². The Morgan fingerprint density at radius 3 is 2.64 bits per heavy atom. The number of allylic oxidation sites excluding steroid dienone is 1. The number of aromatic nitrogens is 1. The number of benzene rings is 1. The highest BCUT2D eigenvalue weighted by molar-refractivity contribution is 5.60. The first kappa shape index (κ1) is 22.8. The van der Waals surface area contributed by atoms with Gasteiger partial charge in [-0.2, -0.15) is 0 Å². The zero-order valence-corrected chi connectivity index (χ0v) is 18.6. The summed E-state index contributed by atoms with van der Waals surface area (Å²) in [5, 5.41) is 22.5. The van der Waals surface area contributed by atoms with Crippen molar-refractivity contribution in [3.05, 3.63) is 81.1 Å². The van der Waals surface area contributed by atoms with E-state index in [1.54, 1.807) is 16.8 Å². The zero-order valence-electron chi connectivity index (χ0n) is 18.6. The summed E-state index contributed by atoms with van der Waals surface area (Å²) in [6, 6.07) is 11.5. The summed E-state index contributed by atoms with van der Waals surface area (Å²) >= 11 is 0. The first-order valence-electron chi connectivity index (χ1n) is 11.0. The second kappa shape index (κ2) is 10.5. The summed E-state index contributed by atoms with van der Waals surface area (Å²) in [7, 11) is 0. The highest BCUT2D eigenvalue weighted by Crippen LogP contribution is 2.18. The van der Waals surface area contributed by atoms with E-state index >= 15 is 0 Å². The van der Waals surface area contributed by atoms with Gasteiger partial charge in [-0.3, -0.25) is 9.69 Å². The molecule has 1 saturated heterocycles. The standard InChI is InChI=1S/C25H28N4O4/c1-18(23-24(31)25(32)27-17-26-23)15-29-9-8-20(14-22(29)30)5-2-19-3-6-21(7-4-19)16-28-10-12-33-13-11-28/h3-4,6-9,14,17-18,25,31-32H,10-13,15-16H2,1H3,(H,26,27). The summed E-state index contributed by atoms with van der Waals surface area (Å²) in [6.07, 6.45) is 1.76. The fourth-order valence-electron chi connectivity index (χ4n) is 3.83. The number of hydrogen-bond donors (Lipinski definition) is 3. The largest absolute Gasteiger partial charge is 0.506 e. The first-order chi connectivity index (χ1) is 16.0. The minimum atomic E-state index is -1.27. The summed E-state index contributed by atoms with van der Waals surface area (Å²) in [5.41, 5.74) is 3.04. The number of ether oxygens (including phenoxy) is 1. The smallest absolute Gasteiger partial charge is 0.251 e. The van der Waals surface area contributed by atoms with E-state index in [1.165, 1.54) is 18.0 Å². The van der Waals surface area contributed by atoms with Gasteiger partial charge < -0.3 is 24.8 Å². The minimum Gasteiger partial charge on any atom is -0.506 e. The molecule has 0 aliphatic carbocycles. The predicted octanol–water partition coefficient (Wildman–Crippen LogP) is 1.44. The van der Waals surface area contributed by atoms with Crippen LogP contribution in [0, 0.1) is 17.8 Å². The number of nitrogens with zero attached hydrogens (tertiary/aromatic N) is 3. The maximum atomic E-state index is 12.6. The third-order valence-corrected chi connectivity index (χ3v) is 5.73. The summed E-state index contributed by atoms with van der Waals surface area (Å²) in [4.78, 5) is 18.6. The Kier molecular flexibility index (Phi) is 7.25. The van der Waals surface area contributed by atoms with E-state index < -0.39 is 6.23 Å². The van der Waals surface area contributed by atoms with Gasteiger partial charge in [0.2, 0.25) is 6.23 Å². The van der Waals surface area contributed by atoms with E-state index in [4.69, 9.17) is 4.74 Å². The Balaban J connectivity index is 1.39. The molecule has 2 aliphatic heterocycles. The molecule has 1 fully saturated rings. The molecule has 172 valence electrons. The van der Waals surface area contributed by atoms with Gasteiger partial charge in [0.15, 0.2) is 5.76 Å². The molecule has 0 saturated carbocycles. The molecule has 2 aromatic rings. The lowest BCUT2D eigenvalue weighted by Gasteiger charge is -2.26. The van der Waals surface area contributed by atoms with Crippen molar-refractivity contribution >= 4 is 6.34 Å². The number of aliphatic hydroxyl groups excluding tert-OH is 2. The zero-order chi connectivity index (χ0) is 23.2. The van der Waals surface area contributed by atoms with E-state index in [9.17, 15) is 15.0 Å². The van der Waals surface area contributed by atoms with Crippen LogP contribution in [0.1, 0.15) is 23.6 Å². The van der Waals surface area contributed by atoms with E-state index in [0.29, 0.717) is 17.8 Å². The molecule has 0 bridgehead atoms. The molecule has 8 nitrogen and oxygen atoms in total. The van der Waals surface area contributed by atoms with Crippen LogP contribution in [0.4, 0.5) is 0 Å². The van der Waals surface area contributed by atoms with Gasteiger partial charge in [0.1, 0.15) is 0 Å². The van der Waals surface area contributed by atoms with Crippen LogP contribution in [0.25, 0.3) is 0 Å². The molecule has 0 amide bonds. The Morgan fingerprint density at radius 1 is 1.18 bits per heavy atom. The molecule has 33 heavy (non-hydrogen) atoms. The molecular weight excluding hydrogens is 420 g/mol. The molecule has 3 heterocycles. The molecule has 0 radical (unpaired) electrons. The lowest BCUT2D eigenvalue weighted by Crippen LogP contribution is -2.35. The maximum Gasteiger partial charge on any atom is 0.251 e. The lowest BCUT2D eigenvalue weighted by atomic mass is 10.1. The Bertz CT molecular complexity index is 1150. The van der Waals surface area contributed by atoms with Gasteiger partial charge in [-0.05, 0) is 23.8 Å². The lowest BCUT2D eigenvalue weighted by molar-refractivity contribution is 0.0342. The maximum absolute atomic E-state index is 12.6. The van der Waals surface area contributed by atoms with Gasteiger partial charge >= 0.3 is 0 Å².